The second kappa shape index (κ2) is 11.8. The van der Waals surface area contributed by atoms with Gasteiger partial charge in [-0.15, -0.1) is 0 Å². The van der Waals surface area contributed by atoms with Crippen LogP contribution in [0.25, 0.3) is 0 Å². The van der Waals surface area contributed by atoms with E-state index in [0.717, 1.165) is 41.8 Å². The van der Waals surface area contributed by atoms with Crippen molar-refractivity contribution in [2.45, 2.75) is 70.1 Å². The summed E-state index contributed by atoms with van der Waals surface area (Å²) in [6.07, 6.45) is 4.19. The number of nitrogens with zero attached hydrogens (tertiary/aromatic N) is 3. The van der Waals surface area contributed by atoms with Crippen LogP contribution >= 0.6 is 0 Å². The van der Waals surface area contributed by atoms with Crippen LogP contribution in [0.3, 0.4) is 0 Å². The number of likely N-dealkylation sites (tertiary alicyclic amines) is 1. The Morgan fingerprint density at radius 3 is 2.60 bits per heavy atom. The van der Waals surface area contributed by atoms with E-state index in [1.54, 1.807) is 23.1 Å². The van der Waals surface area contributed by atoms with Gasteiger partial charge in [0.2, 0.25) is 17.4 Å². The molecule has 0 aromatic heterocycles. The van der Waals surface area contributed by atoms with Crippen molar-refractivity contribution in [1.29, 1.82) is 0 Å². The SMILES string of the molecule is C[C@@H](C1CC1)N(Cc1ccccc1)C(=O)CN1C(=O)O[C@@]2(CCc3cc(C(=O)NCCCN4CCCC4=O)ccc32)C1=O. The highest BCUT2D eigenvalue weighted by atomic mass is 16.6. The summed E-state index contributed by atoms with van der Waals surface area (Å²) in [4.78, 5) is 69.5. The molecule has 2 aromatic rings. The first-order valence-electron chi connectivity index (χ1n) is 15.3. The number of ether oxygens (including phenoxy) is 1. The van der Waals surface area contributed by atoms with E-state index in [0.29, 0.717) is 55.9 Å². The number of amides is 5. The summed E-state index contributed by atoms with van der Waals surface area (Å²) in [5.74, 6) is -0.465. The molecule has 2 aliphatic carbocycles. The maximum absolute atomic E-state index is 13.8. The predicted molar refractivity (Wildman–Crippen MR) is 157 cm³/mol. The standard InChI is InChI=1S/C33H38N4O6/c1-22(24-10-11-24)36(20-23-7-3-2-4-8-23)29(39)21-37-31(41)33(43-32(37)42)15-14-25-19-26(12-13-27(25)33)30(40)34-16-6-18-35-17-5-9-28(35)38/h2-4,7-8,12-13,19,22,24H,5-6,9-11,14-18,20-21H2,1H3,(H,34,40)/t22-,33+/m0/s1. The van der Waals surface area contributed by atoms with Crippen molar-refractivity contribution in [3.63, 3.8) is 0 Å². The number of carbonyl (C=O) groups is 5. The number of fused-ring (bicyclic) bond motifs is 2. The van der Waals surface area contributed by atoms with Gasteiger partial charge in [0.15, 0.2) is 0 Å². The van der Waals surface area contributed by atoms with Crippen LogP contribution in [-0.2, 0) is 37.7 Å². The van der Waals surface area contributed by atoms with Crippen LogP contribution in [0.4, 0.5) is 4.79 Å². The monoisotopic (exact) mass is 586 g/mol. The van der Waals surface area contributed by atoms with Crippen LogP contribution in [0.1, 0.15) is 72.5 Å². The summed E-state index contributed by atoms with van der Waals surface area (Å²) in [5.41, 5.74) is 1.31. The Bertz CT molecular complexity index is 1440. The first-order valence-corrected chi connectivity index (χ1v) is 15.3. The van der Waals surface area contributed by atoms with E-state index in [9.17, 15) is 24.0 Å². The molecule has 4 aliphatic rings. The largest absolute Gasteiger partial charge is 0.427 e. The summed E-state index contributed by atoms with van der Waals surface area (Å²) in [5, 5.41) is 2.90. The van der Waals surface area contributed by atoms with Crippen molar-refractivity contribution in [3.8, 4) is 0 Å². The van der Waals surface area contributed by atoms with Crippen LogP contribution in [0.15, 0.2) is 48.5 Å². The number of imide groups is 1. The van der Waals surface area contributed by atoms with Gasteiger partial charge in [0.25, 0.3) is 11.8 Å². The van der Waals surface area contributed by atoms with Gasteiger partial charge in [-0.1, -0.05) is 36.4 Å². The summed E-state index contributed by atoms with van der Waals surface area (Å²) < 4.78 is 5.75. The van der Waals surface area contributed by atoms with Crippen LogP contribution in [-0.4, -0.2) is 76.6 Å². The summed E-state index contributed by atoms with van der Waals surface area (Å²) in [6, 6.07) is 14.8. The maximum atomic E-state index is 13.8. The topological polar surface area (TPSA) is 116 Å². The van der Waals surface area contributed by atoms with Gasteiger partial charge in [-0.3, -0.25) is 19.2 Å². The second-order valence-corrected chi connectivity index (χ2v) is 12.1. The smallest absolute Gasteiger partial charge is 0.418 e. The summed E-state index contributed by atoms with van der Waals surface area (Å²) >= 11 is 0. The number of rotatable bonds is 11. The van der Waals surface area contributed by atoms with E-state index in [2.05, 4.69) is 5.32 Å². The highest BCUT2D eigenvalue weighted by Gasteiger charge is 2.58. The zero-order valence-corrected chi connectivity index (χ0v) is 24.5. The lowest BCUT2D eigenvalue weighted by Crippen LogP contribution is -2.47. The molecule has 5 amide bonds. The lowest BCUT2D eigenvalue weighted by atomic mass is 9.94. The molecular formula is C33H38N4O6. The third kappa shape index (κ3) is 5.75. The van der Waals surface area contributed by atoms with E-state index in [1.807, 2.05) is 42.2 Å². The molecule has 2 aliphatic heterocycles. The Morgan fingerprint density at radius 1 is 1.09 bits per heavy atom. The first kappa shape index (κ1) is 28.9. The zero-order chi connectivity index (χ0) is 30.1. The molecule has 3 fully saturated rings. The van der Waals surface area contributed by atoms with Gasteiger partial charge in [-0.2, -0.15) is 0 Å². The minimum Gasteiger partial charge on any atom is -0.427 e. The van der Waals surface area contributed by atoms with Gasteiger partial charge in [0.05, 0.1) is 0 Å². The summed E-state index contributed by atoms with van der Waals surface area (Å²) in [6.45, 7) is 3.91. The molecule has 226 valence electrons. The number of nitrogens with one attached hydrogen (secondary N) is 1. The number of hydrogen-bond donors (Lipinski definition) is 1. The third-order valence-electron chi connectivity index (χ3n) is 9.29. The van der Waals surface area contributed by atoms with E-state index in [1.165, 1.54) is 0 Å². The summed E-state index contributed by atoms with van der Waals surface area (Å²) in [7, 11) is 0. The molecule has 10 heteroatoms. The molecule has 6 rings (SSSR count). The molecule has 1 N–H and O–H groups in total. The lowest BCUT2D eigenvalue weighted by Gasteiger charge is -2.30. The average molecular weight is 587 g/mol. The molecule has 2 heterocycles. The Kier molecular flexibility index (Phi) is 7.94. The van der Waals surface area contributed by atoms with Crippen molar-refractivity contribution in [2.75, 3.05) is 26.2 Å². The minimum absolute atomic E-state index is 0.00475. The minimum atomic E-state index is -1.48. The van der Waals surface area contributed by atoms with Crippen molar-refractivity contribution < 1.29 is 28.7 Å². The van der Waals surface area contributed by atoms with Crippen LogP contribution in [0.2, 0.25) is 0 Å². The fourth-order valence-electron chi connectivity index (χ4n) is 6.61. The fraction of sp³-hybridized carbons (Fsp3) is 0.485. The van der Waals surface area contributed by atoms with Gasteiger partial charge in [0, 0.05) is 56.2 Å². The predicted octanol–water partition coefficient (Wildman–Crippen LogP) is 3.38. The normalized spacial score (nSPS) is 21.7. The van der Waals surface area contributed by atoms with E-state index in [-0.39, 0.29) is 36.7 Å². The highest BCUT2D eigenvalue weighted by Crippen LogP contribution is 2.45. The first-order chi connectivity index (χ1) is 20.8. The Hall–Kier alpha value is -4.21. The second-order valence-electron chi connectivity index (χ2n) is 12.1. The van der Waals surface area contributed by atoms with Crippen LogP contribution < -0.4 is 5.32 Å². The number of benzene rings is 2. The van der Waals surface area contributed by atoms with Gasteiger partial charge >= 0.3 is 6.09 Å². The molecule has 2 aromatic carbocycles. The molecule has 0 unspecified atom stereocenters. The molecule has 0 bridgehead atoms. The molecular weight excluding hydrogens is 548 g/mol. The fourth-order valence-corrected chi connectivity index (χ4v) is 6.61. The number of carbonyl (C=O) groups excluding carboxylic acids is 5. The molecule has 10 nitrogen and oxygen atoms in total. The Balaban J connectivity index is 1.10. The Morgan fingerprint density at radius 2 is 1.88 bits per heavy atom. The molecule has 2 saturated heterocycles. The molecule has 1 spiro atoms. The van der Waals surface area contributed by atoms with E-state index in [4.69, 9.17) is 4.74 Å². The van der Waals surface area contributed by atoms with Crippen molar-refractivity contribution in [2.24, 2.45) is 5.92 Å². The highest BCUT2D eigenvalue weighted by molar-refractivity contribution is 6.06. The number of aryl methyl sites for hydroxylation is 1. The van der Waals surface area contributed by atoms with Gasteiger partial charge in [0.1, 0.15) is 6.54 Å². The zero-order valence-electron chi connectivity index (χ0n) is 24.5. The Labute approximate surface area is 251 Å². The van der Waals surface area contributed by atoms with Gasteiger partial charge in [-0.25, -0.2) is 9.69 Å². The van der Waals surface area contributed by atoms with Crippen molar-refractivity contribution >= 4 is 29.7 Å². The lowest BCUT2D eigenvalue weighted by molar-refractivity contribution is -0.143. The molecule has 43 heavy (non-hydrogen) atoms. The molecule has 2 atom stereocenters. The average Bonchev–Trinajstić information content (AvgIpc) is 3.63. The van der Waals surface area contributed by atoms with E-state index >= 15 is 0 Å². The maximum Gasteiger partial charge on any atom is 0.418 e. The van der Waals surface area contributed by atoms with E-state index < -0.39 is 17.6 Å². The third-order valence-corrected chi connectivity index (χ3v) is 9.29. The number of hydrogen-bond acceptors (Lipinski definition) is 6. The van der Waals surface area contributed by atoms with Crippen LogP contribution in [0, 0.1) is 5.92 Å². The van der Waals surface area contributed by atoms with Crippen molar-refractivity contribution in [3.05, 3.63) is 70.8 Å². The molecule has 1 saturated carbocycles. The van der Waals surface area contributed by atoms with Crippen molar-refractivity contribution in [1.82, 2.24) is 20.0 Å². The molecule has 0 radical (unpaired) electrons. The van der Waals surface area contributed by atoms with Gasteiger partial charge in [-0.05, 0) is 68.2 Å². The van der Waals surface area contributed by atoms with Gasteiger partial charge < -0.3 is 19.9 Å². The quantitative estimate of drug-likeness (QED) is 0.404. The van der Waals surface area contributed by atoms with Crippen LogP contribution in [0.5, 0.6) is 0 Å².